The predicted octanol–water partition coefficient (Wildman–Crippen LogP) is 5.28. The maximum atomic E-state index is 10.5. The highest BCUT2D eigenvalue weighted by Crippen LogP contribution is 2.29. The van der Waals surface area contributed by atoms with Crippen molar-refractivity contribution in [3.8, 4) is 0 Å². The predicted molar refractivity (Wildman–Crippen MR) is 83.3 cm³/mol. The molecule has 0 bridgehead atoms. The van der Waals surface area contributed by atoms with Crippen LogP contribution in [0.3, 0.4) is 0 Å². The number of hydrogen-bond acceptors (Lipinski definition) is 1. The quantitative estimate of drug-likeness (QED) is 0.642. The fourth-order valence-electron chi connectivity index (χ4n) is 2.59. The first-order valence-corrected chi connectivity index (χ1v) is 7.99. The molecule has 2 atom stereocenters. The summed E-state index contributed by atoms with van der Waals surface area (Å²) in [5.74, 6) is 0.404. The average Bonchev–Trinajstić information content (AvgIpc) is 2.46. The molecule has 0 aliphatic carbocycles. The molecule has 108 valence electrons. The summed E-state index contributed by atoms with van der Waals surface area (Å²) in [7, 11) is 0. The molecule has 0 spiro atoms. The van der Waals surface area contributed by atoms with Gasteiger partial charge < -0.3 is 5.11 Å². The van der Waals surface area contributed by atoms with Gasteiger partial charge in [-0.05, 0) is 36.3 Å². The summed E-state index contributed by atoms with van der Waals surface area (Å²) >= 11 is 0. The van der Waals surface area contributed by atoms with Gasteiger partial charge in [0.1, 0.15) is 0 Å². The summed E-state index contributed by atoms with van der Waals surface area (Å²) in [4.78, 5) is 0. The van der Waals surface area contributed by atoms with Gasteiger partial charge in [0, 0.05) is 0 Å². The van der Waals surface area contributed by atoms with Crippen LogP contribution in [0.2, 0.25) is 0 Å². The Balaban J connectivity index is 2.62. The Morgan fingerprint density at radius 2 is 1.58 bits per heavy atom. The first-order chi connectivity index (χ1) is 9.22. The van der Waals surface area contributed by atoms with Gasteiger partial charge >= 0.3 is 0 Å². The number of aliphatic hydroxyl groups is 1. The van der Waals surface area contributed by atoms with Gasteiger partial charge in [0.05, 0.1) is 6.10 Å². The summed E-state index contributed by atoms with van der Waals surface area (Å²) < 4.78 is 0. The van der Waals surface area contributed by atoms with Crippen LogP contribution >= 0.6 is 0 Å². The molecule has 0 saturated heterocycles. The molecule has 0 radical (unpaired) electrons. The Morgan fingerprint density at radius 1 is 0.947 bits per heavy atom. The number of aliphatic hydroxyl groups excluding tert-OH is 1. The lowest BCUT2D eigenvalue weighted by molar-refractivity contribution is 0.0989. The number of aryl methyl sites for hydroxylation is 1. The molecular weight excluding hydrogens is 232 g/mol. The molecule has 0 saturated carbocycles. The minimum Gasteiger partial charge on any atom is -0.388 e. The molecule has 1 aromatic rings. The van der Waals surface area contributed by atoms with Gasteiger partial charge in [-0.25, -0.2) is 0 Å². The summed E-state index contributed by atoms with van der Waals surface area (Å²) in [6, 6.07) is 8.59. The van der Waals surface area contributed by atoms with Crippen LogP contribution in [0.15, 0.2) is 24.3 Å². The SMILES string of the molecule is CCCCc1ccc(C(O)C(CC)CCCC)cc1. The molecule has 0 amide bonds. The topological polar surface area (TPSA) is 20.2 Å². The van der Waals surface area contributed by atoms with Crippen LogP contribution in [0.4, 0.5) is 0 Å². The second-order valence-electron chi connectivity index (χ2n) is 5.60. The van der Waals surface area contributed by atoms with E-state index in [4.69, 9.17) is 0 Å². The van der Waals surface area contributed by atoms with Gasteiger partial charge in [-0.1, -0.05) is 70.7 Å². The fraction of sp³-hybridized carbons (Fsp3) is 0.667. The Hall–Kier alpha value is -0.820. The maximum Gasteiger partial charge on any atom is 0.0818 e. The molecule has 1 aromatic carbocycles. The fourth-order valence-corrected chi connectivity index (χ4v) is 2.59. The summed E-state index contributed by atoms with van der Waals surface area (Å²) in [5.41, 5.74) is 2.47. The highest BCUT2D eigenvalue weighted by atomic mass is 16.3. The number of rotatable bonds is 9. The van der Waals surface area contributed by atoms with Gasteiger partial charge in [-0.15, -0.1) is 0 Å². The van der Waals surface area contributed by atoms with Crippen LogP contribution in [0.1, 0.15) is 76.5 Å². The van der Waals surface area contributed by atoms with E-state index in [-0.39, 0.29) is 6.10 Å². The lowest BCUT2D eigenvalue weighted by Gasteiger charge is -2.22. The van der Waals surface area contributed by atoms with Crippen LogP contribution in [-0.2, 0) is 6.42 Å². The second kappa shape index (κ2) is 9.14. The molecule has 1 rings (SSSR count). The van der Waals surface area contributed by atoms with Gasteiger partial charge in [-0.3, -0.25) is 0 Å². The first-order valence-electron chi connectivity index (χ1n) is 7.99. The monoisotopic (exact) mass is 262 g/mol. The lowest BCUT2D eigenvalue weighted by Crippen LogP contribution is -2.12. The summed E-state index contributed by atoms with van der Waals surface area (Å²) in [5, 5.41) is 10.5. The molecule has 1 heteroatoms. The van der Waals surface area contributed by atoms with Crippen molar-refractivity contribution in [2.75, 3.05) is 0 Å². The van der Waals surface area contributed by atoms with Gasteiger partial charge in [-0.2, -0.15) is 0 Å². The van der Waals surface area contributed by atoms with Gasteiger partial charge in [0.25, 0.3) is 0 Å². The Bertz CT molecular complexity index is 328. The van der Waals surface area contributed by atoms with Crippen molar-refractivity contribution in [1.82, 2.24) is 0 Å². The van der Waals surface area contributed by atoms with Gasteiger partial charge in [0.2, 0.25) is 0 Å². The number of unbranched alkanes of at least 4 members (excludes halogenated alkanes) is 2. The highest BCUT2D eigenvalue weighted by Gasteiger charge is 2.18. The highest BCUT2D eigenvalue weighted by molar-refractivity contribution is 5.24. The molecular formula is C18H30O. The zero-order valence-corrected chi connectivity index (χ0v) is 12.9. The van der Waals surface area contributed by atoms with Crippen molar-refractivity contribution in [2.45, 2.75) is 71.8 Å². The summed E-state index contributed by atoms with van der Waals surface area (Å²) in [6.07, 6.45) is 7.94. The lowest BCUT2D eigenvalue weighted by atomic mass is 9.88. The Kier molecular flexibility index (Phi) is 7.81. The van der Waals surface area contributed by atoms with Crippen LogP contribution in [0.25, 0.3) is 0 Å². The third-order valence-corrected chi connectivity index (χ3v) is 4.04. The minimum absolute atomic E-state index is 0.295. The van der Waals surface area contributed by atoms with E-state index >= 15 is 0 Å². The summed E-state index contributed by atoms with van der Waals surface area (Å²) in [6.45, 7) is 6.61. The molecule has 0 aliphatic rings. The van der Waals surface area contributed by atoms with Crippen molar-refractivity contribution in [2.24, 2.45) is 5.92 Å². The van der Waals surface area contributed by atoms with Crippen molar-refractivity contribution in [3.05, 3.63) is 35.4 Å². The van der Waals surface area contributed by atoms with Gasteiger partial charge in [0.15, 0.2) is 0 Å². The standard InChI is InChI=1S/C18H30O/c1-4-7-9-15-11-13-17(14-12-15)18(19)16(6-3)10-8-5-2/h11-14,16,18-19H,4-10H2,1-3H3. The third kappa shape index (κ3) is 5.36. The van der Waals surface area contributed by atoms with E-state index in [0.29, 0.717) is 5.92 Å². The van der Waals surface area contributed by atoms with Crippen LogP contribution in [0.5, 0.6) is 0 Å². The van der Waals surface area contributed by atoms with E-state index in [2.05, 4.69) is 45.0 Å². The zero-order valence-electron chi connectivity index (χ0n) is 12.9. The van der Waals surface area contributed by atoms with Crippen LogP contribution in [0, 0.1) is 5.92 Å². The normalized spacial score (nSPS) is 14.3. The average molecular weight is 262 g/mol. The third-order valence-electron chi connectivity index (χ3n) is 4.04. The van der Waals surface area contributed by atoms with E-state index in [1.807, 2.05) is 0 Å². The molecule has 1 N–H and O–H groups in total. The Labute approximate surface area is 119 Å². The molecule has 0 heterocycles. The van der Waals surface area contributed by atoms with Crippen LogP contribution in [-0.4, -0.2) is 5.11 Å². The molecule has 2 unspecified atom stereocenters. The smallest absolute Gasteiger partial charge is 0.0818 e. The van der Waals surface area contributed by atoms with E-state index in [1.165, 1.54) is 31.2 Å². The minimum atomic E-state index is -0.295. The second-order valence-corrected chi connectivity index (χ2v) is 5.60. The van der Waals surface area contributed by atoms with E-state index in [9.17, 15) is 5.11 Å². The first kappa shape index (κ1) is 16.2. The van der Waals surface area contributed by atoms with E-state index < -0.39 is 0 Å². The Morgan fingerprint density at radius 3 is 2.11 bits per heavy atom. The molecule has 0 fully saturated rings. The zero-order chi connectivity index (χ0) is 14.1. The molecule has 19 heavy (non-hydrogen) atoms. The number of hydrogen-bond donors (Lipinski definition) is 1. The van der Waals surface area contributed by atoms with E-state index in [1.54, 1.807) is 0 Å². The van der Waals surface area contributed by atoms with Crippen molar-refractivity contribution in [1.29, 1.82) is 0 Å². The molecule has 1 nitrogen and oxygen atoms in total. The maximum absolute atomic E-state index is 10.5. The molecule has 0 aromatic heterocycles. The largest absolute Gasteiger partial charge is 0.388 e. The molecule has 0 aliphatic heterocycles. The van der Waals surface area contributed by atoms with E-state index in [0.717, 1.165) is 24.8 Å². The van der Waals surface area contributed by atoms with Crippen molar-refractivity contribution >= 4 is 0 Å². The number of benzene rings is 1. The van der Waals surface area contributed by atoms with Crippen molar-refractivity contribution < 1.29 is 5.11 Å². The van der Waals surface area contributed by atoms with Crippen LogP contribution < -0.4 is 0 Å². The van der Waals surface area contributed by atoms with Crippen molar-refractivity contribution in [3.63, 3.8) is 0 Å².